The predicted octanol–water partition coefficient (Wildman–Crippen LogP) is 1.02. The molecule has 1 aliphatic heterocycles. The zero-order valence-electron chi connectivity index (χ0n) is 8.01. The van der Waals surface area contributed by atoms with E-state index in [2.05, 4.69) is 6.58 Å². The van der Waals surface area contributed by atoms with E-state index in [1.807, 2.05) is 0 Å². The molecule has 0 bridgehead atoms. The fourth-order valence-electron chi connectivity index (χ4n) is 1.68. The second-order valence-corrected chi connectivity index (χ2v) is 3.47. The molecule has 1 rings (SSSR count). The molecule has 0 radical (unpaired) electrons. The van der Waals surface area contributed by atoms with Crippen molar-refractivity contribution in [1.82, 2.24) is 0 Å². The van der Waals surface area contributed by atoms with E-state index in [4.69, 9.17) is 4.74 Å². The van der Waals surface area contributed by atoms with Crippen LogP contribution in [0.4, 0.5) is 0 Å². The summed E-state index contributed by atoms with van der Waals surface area (Å²) < 4.78 is 5.01. The first-order valence-electron chi connectivity index (χ1n) is 4.49. The summed E-state index contributed by atoms with van der Waals surface area (Å²) in [5.41, 5.74) is 0. The molecule has 1 aliphatic rings. The molecule has 0 aromatic carbocycles. The van der Waals surface area contributed by atoms with Crippen molar-refractivity contribution in [2.75, 3.05) is 6.54 Å². The highest BCUT2D eigenvalue weighted by molar-refractivity contribution is 5.74. The van der Waals surface area contributed by atoms with Gasteiger partial charge in [-0.15, -0.1) is 6.58 Å². The molecule has 1 saturated heterocycles. The topological polar surface area (TPSA) is 69.4 Å². The number of nitro groups is 1. The van der Waals surface area contributed by atoms with Crippen LogP contribution in [-0.4, -0.2) is 23.5 Å². The Morgan fingerprint density at radius 1 is 1.71 bits per heavy atom. The Hall–Kier alpha value is -1.39. The van der Waals surface area contributed by atoms with E-state index in [-0.39, 0.29) is 30.5 Å². The lowest BCUT2D eigenvalue weighted by Gasteiger charge is -2.13. The molecule has 0 unspecified atom stereocenters. The Morgan fingerprint density at radius 2 is 2.36 bits per heavy atom. The molecule has 5 nitrogen and oxygen atoms in total. The zero-order valence-corrected chi connectivity index (χ0v) is 8.01. The lowest BCUT2D eigenvalue weighted by atomic mass is 9.90. The maximum absolute atomic E-state index is 11.2. The Bertz CT molecular complexity index is 264. The summed E-state index contributed by atoms with van der Waals surface area (Å²) >= 11 is 0. The van der Waals surface area contributed by atoms with Crippen LogP contribution in [0.5, 0.6) is 0 Å². The van der Waals surface area contributed by atoms with Crippen molar-refractivity contribution in [2.24, 2.45) is 11.8 Å². The molecule has 0 saturated carbocycles. The highest BCUT2D eigenvalue weighted by Crippen LogP contribution is 2.30. The van der Waals surface area contributed by atoms with Gasteiger partial charge in [-0.1, -0.05) is 13.0 Å². The van der Waals surface area contributed by atoms with E-state index in [1.165, 1.54) is 0 Å². The summed E-state index contributed by atoms with van der Waals surface area (Å²) in [6.45, 7) is 4.98. The molecule has 1 fully saturated rings. The summed E-state index contributed by atoms with van der Waals surface area (Å²) in [6, 6.07) is 0. The maximum Gasteiger partial charge on any atom is 0.309 e. The van der Waals surface area contributed by atoms with Crippen molar-refractivity contribution in [3.63, 3.8) is 0 Å². The molecule has 0 aromatic rings. The van der Waals surface area contributed by atoms with Gasteiger partial charge in [-0.25, -0.2) is 0 Å². The van der Waals surface area contributed by atoms with E-state index >= 15 is 0 Å². The van der Waals surface area contributed by atoms with E-state index in [1.54, 1.807) is 13.0 Å². The third-order valence-corrected chi connectivity index (χ3v) is 2.52. The minimum atomic E-state index is -0.404. The van der Waals surface area contributed by atoms with Gasteiger partial charge in [0.1, 0.15) is 6.10 Å². The normalized spacial score (nSPS) is 31.2. The number of esters is 1. The first-order chi connectivity index (χ1) is 6.56. The Kier molecular flexibility index (Phi) is 3.22. The van der Waals surface area contributed by atoms with Crippen LogP contribution in [-0.2, 0) is 9.53 Å². The maximum atomic E-state index is 11.2. The van der Waals surface area contributed by atoms with E-state index < -0.39 is 4.92 Å². The highest BCUT2D eigenvalue weighted by Gasteiger charge is 2.43. The van der Waals surface area contributed by atoms with Gasteiger partial charge >= 0.3 is 5.97 Å². The van der Waals surface area contributed by atoms with Gasteiger partial charge in [0, 0.05) is 11.3 Å². The molecule has 14 heavy (non-hydrogen) atoms. The lowest BCUT2D eigenvalue weighted by molar-refractivity contribution is -0.490. The molecule has 0 spiro atoms. The number of carbonyl (C=O) groups excluding carboxylic acids is 1. The quantitative estimate of drug-likeness (QED) is 0.293. The average Bonchev–Trinajstić information content (AvgIpc) is 2.33. The zero-order chi connectivity index (χ0) is 10.7. The van der Waals surface area contributed by atoms with Crippen molar-refractivity contribution in [3.05, 3.63) is 22.8 Å². The number of hydrogen-bond acceptors (Lipinski definition) is 4. The van der Waals surface area contributed by atoms with E-state index in [9.17, 15) is 14.9 Å². The first-order valence-corrected chi connectivity index (χ1v) is 4.49. The summed E-state index contributed by atoms with van der Waals surface area (Å²) in [5.74, 6) is -1.05. The number of rotatable bonds is 4. The third-order valence-electron chi connectivity index (χ3n) is 2.52. The first kappa shape index (κ1) is 10.7. The Morgan fingerprint density at radius 3 is 2.86 bits per heavy atom. The molecule has 0 aromatic heterocycles. The number of hydrogen-bond donors (Lipinski definition) is 0. The highest BCUT2D eigenvalue weighted by atomic mass is 16.6. The standard InChI is InChI=1S/C9H13NO4/c1-3-4-8-7(5-10(12)13)6(2)9(11)14-8/h3,6-8H,1,4-5H2,2H3/t6-,7-,8+/m0/s1. The van der Waals surface area contributed by atoms with Gasteiger partial charge < -0.3 is 4.74 Å². The number of cyclic esters (lactones) is 1. The van der Waals surface area contributed by atoms with E-state index in [0.717, 1.165) is 0 Å². The SMILES string of the molecule is C=CC[C@H]1OC(=O)[C@@H](C)[C@@H]1C[N+](=O)[O-]. The number of nitrogens with zero attached hydrogens (tertiary/aromatic N) is 1. The summed E-state index contributed by atoms with van der Waals surface area (Å²) in [4.78, 5) is 21.1. The average molecular weight is 199 g/mol. The summed E-state index contributed by atoms with van der Waals surface area (Å²) in [5, 5.41) is 10.4. The van der Waals surface area contributed by atoms with Gasteiger partial charge in [-0.05, 0) is 0 Å². The minimum absolute atomic E-state index is 0.217. The molecule has 0 N–H and O–H groups in total. The summed E-state index contributed by atoms with van der Waals surface area (Å²) in [6.07, 6.45) is 1.72. The monoisotopic (exact) mass is 199 g/mol. The molecule has 3 atom stereocenters. The van der Waals surface area contributed by atoms with Crippen molar-refractivity contribution in [1.29, 1.82) is 0 Å². The van der Waals surface area contributed by atoms with Crippen LogP contribution in [0.15, 0.2) is 12.7 Å². The molecular weight excluding hydrogens is 186 g/mol. The predicted molar refractivity (Wildman–Crippen MR) is 49.2 cm³/mol. The smallest absolute Gasteiger partial charge is 0.309 e. The molecular formula is C9H13NO4. The van der Waals surface area contributed by atoms with Gasteiger partial charge in [0.2, 0.25) is 6.54 Å². The lowest BCUT2D eigenvalue weighted by Crippen LogP contribution is -2.26. The van der Waals surface area contributed by atoms with Crippen LogP contribution in [0, 0.1) is 22.0 Å². The van der Waals surface area contributed by atoms with E-state index in [0.29, 0.717) is 6.42 Å². The van der Waals surface area contributed by atoms with Gasteiger partial charge in [-0.2, -0.15) is 0 Å². The van der Waals surface area contributed by atoms with Crippen molar-refractivity contribution in [3.8, 4) is 0 Å². The van der Waals surface area contributed by atoms with Crippen LogP contribution in [0.3, 0.4) is 0 Å². The fraction of sp³-hybridized carbons (Fsp3) is 0.667. The fourth-order valence-corrected chi connectivity index (χ4v) is 1.68. The molecule has 78 valence electrons. The third kappa shape index (κ3) is 2.10. The van der Waals surface area contributed by atoms with Crippen LogP contribution in [0.2, 0.25) is 0 Å². The Labute approximate surface area is 81.9 Å². The molecule has 1 heterocycles. The van der Waals surface area contributed by atoms with Gasteiger partial charge in [0.15, 0.2) is 0 Å². The largest absolute Gasteiger partial charge is 0.461 e. The van der Waals surface area contributed by atoms with Gasteiger partial charge in [0.05, 0.1) is 11.8 Å². The van der Waals surface area contributed by atoms with Crippen LogP contribution >= 0.6 is 0 Å². The number of carbonyl (C=O) groups is 1. The van der Waals surface area contributed by atoms with Crippen molar-refractivity contribution in [2.45, 2.75) is 19.4 Å². The van der Waals surface area contributed by atoms with Crippen LogP contribution in [0.1, 0.15) is 13.3 Å². The van der Waals surface area contributed by atoms with Gasteiger partial charge in [0.25, 0.3) is 0 Å². The minimum Gasteiger partial charge on any atom is -0.461 e. The van der Waals surface area contributed by atoms with Crippen molar-refractivity contribution >= 4 is 5.97 Å². The van der Waals surface area contributed by atoms with Crippen LogP contribution in [0.25, 0.3) is 0 Å². The van der Waals surface area contributed by atoms with Gasteiger partial charge in [-0.3, -0.25) is 14.9 Å². The second kappa shape index (κ2) is 4.21. The van der Waals surface area contributed by atoms with Crippen molar-refractivity contribution < 1.29 is 14.5 Å². The summed E-state index contributed by atoms with van der Waals surface area (Å²) in [7, 11) is 0. The Balaban J connectivity index is 2.70. The number of ether oxygens (including phenoxy) is 1. The molecule has 0 aliphatic carbocycles. The second-order valence-electron chi connectivity index (χ2n) is 3.47. The molecule has 0 amide bonds. The molecule has 5 heteroatoms. The van der Waals surface area contributed by atoms with Crippen LogP contribution < -0.4 is 0 Å².